The third kappa shape index (κ3) is 19.3. The number of amides is 11. The van der Waals surface area contributed by atoms with Crippen LogP contribution >= 0.6 is 53.5 Å². The maximum atomic E-state index is 13.3. The Morgan fingerprint density at radius 3 is 1.54 bits per heavy atom. The molecule has 5 fully saturated rings. The first-order valence-corrected chi connectivity index (χ1v) is 39.2. The number of piperidine rings is 4. The average molecular weight is 1590 g/mol. The monoisotopic (exact) mass is 1590 g/mol. The summed E-state index contributed by atoms with van der Waals surface area (Å²) < 4.78 is 18.7. The Morgan fingerprint density at radius 1 is 0.587 bits per heavy atom. The summed E-state index contributed by atoms with van der Waals surface area (Å²) in [5.41, 5.74) is 13.5. The Labute approximate surface area is 648 Å². The van der Waals surface area contributed by atoms with Gasteiger partial charge in [-0.05, 0) is 118 Å². The van der Waals surface area contributed by atoms with Crippen LogP contribution in [0.15, 0.2) is 103 Å². The summed E-state index contributed by atoms with van der Waals surface area (Å²) in [7, 11) is -0.926. The summed E-state index contributed by atoms with van der Waals surface area (Å²) in [6, 6.07) is 27.3. The van der Waals surface area contributed by atoms with E-state index in [1.807, 2.05) is 36.4 Å². The van der Waals surface area contributed by atoms with Crippen LogP contribution in [0.5, 0.6) is 5.75 Å². The fourth-order valence-electron chi connectivity index (χ4n) is 14.2. The van der Waals surface area contributed by atoms with Crippen LogP contribution in [0.3, 0.4) is 0 Å². The van der Waals surface area contributed by atoms with E-state index >= 15 is 0 Å². The number of ether oxygens (including phenoxy) is 1. The van der Waals surface area contributed by atoms with E-state index in [1.165, 1.54) is 20.9 Å². The van der Waals surface area contributed by atoms with Crippen LogP contribution in [0.2, 0.25) is 5.02 Å². The van der Waals surface area contributed by atoms with Crippen molar-refractivity contribution in [2.75, 3.05) is 110 Å². The summed E-state index contributed by atoms with van der Waals surface area (Å²) in [5, 5.41) is 19.5. The molecule has 0 radical (unpaired) electrons. The maximum absolute atomic E-state index is 13.3. The molecule has 576 valence electrons. The third-order valence-corrected chi connectivity index (χ3v) is 22.2. The van der Waals surface area contributed by atoms with Crippen LogP contribution in [-0.4, -0.2) is 207 Å². The molecular weight excluding hydrogens is 1510 g/mol. The van der Waals surface area contributed by atoms with Crippen LogP contribution in [0, 0.1) is 0 Å². The van der Waals surface area contributed by atoms with E-state index in [2.05, 4.69) is 68.0 Å². The van der Waals surface area contributed by atoms with Crippen LogP contribution in [0.25, 0.3) is 0 Å². The molecule has 6 aromatic rings. The van der Waals surface area contributed by atoms with Gasteiger partial charge in [-0.2, -0.15) is 4.98 Å². The number of imide groups is 3. The molecular formula is C74H83Cl4N16O14P. The van der Waals surface area contributed by atoms with E-state index in [9.17, 15) is 62.1 Å². The first-order chi connectivity index (χ1) is 51.7. The third-order valence-electron chi connectivity index (χ3n) is 19.6. The lowest BCUT2D eigenvalue weighted by molar-refractivity contribution is -0.138. The molecule has 0 aliphatic carbocycles. The minimum absolute atomic E-state index is 0. The molecule has 11 amide bonds. The van der Waals surface area contributed by atoms with Crippen molar-refractivity contribution in [3.05, 3.63) is 142 Å². The second-order valence-electron chi connectivity index (χ2n) is 26.9. The Kier molecular flexibility index (Phi) is 26.9. The molecule has 0 saturated carbocycles. The highest BCUT2D eigenvalue weighted by molar-refractivity contribution is 7.70. The second-order valence-corrected chi connectivity index (χ2v) is 31.4. The number of para-hydroxylation sites is 1. The van der Waals surface area contributed by atoms with E-state index in [0.29, 0.717) is 110 Å². The standard InChI is InChI=1S/C43H50ClN10O6P.C15H14ClN3O4.C13H13N3O3.C2H2Cl2O.CH4/c1-60-36-23-28(11-12-33(36)48-43-45-24-31(44)40(50-43)47-34-8-4-5-10-37(34)61(2,3)59)52-17-15-27(16-18-52)53-21-19-51(20-22-53)26-39(56)46-32-9-6-7-29-30(32)25-54(42(29)58)35-13-14-38(55)49-41(35)57;16-6-13(21)17-10-3-1-2-8-9(10)7-19(15(8)23)11-4-5-12(20)18-14(11)22;14-9-3-1-2-7-8(9)6-16(13(7)19)10-4-5-11(17)15-12(10)18;3-1-2(4)5;/h4-12,23-24,27,35H,13-22,25-26H2,1-3H3,(H,46,56)(H,49,55,57)(H2,45,47,48,50);1-3,11H,4-7H2,(H,17,21)(H,18,20,22);1-3,10H,4-6,14H2,(H,15,17,18);1H2;1H4. The number of alkyl halides is 2. The molecule has 5 aromatic carbocycles. The fraction of sp³-hybridized carbons (Fsp3) is 0.378. The number of rotatable bonds is 17. The number of hydrogen-bond donors (Lipinski definition) is 8. The van der Waals surface area contributed by atoms with Gasteiger partial charge in [-0.1, -0.05) is 49.4 Å². The first kappa shape index (κ1) is 81.4. The lowest BCUT2D eigenvalue weighted by atomic mass is 10.0. The fourth-order valence-corrected chi connectivity index (χ4v) is 15.5. The van der Waals surface area contributed by atoms with Crippen LogP contribution in [0.1, 0.15) is 107 Å². The predicted octanol–water partition coefficient (Wildman–Crippen LogP) is 7.14. The molecule has 0 bridgehead atoms. The number of piperazine rings is 1. The van der Waals surface area contributed by atoms with Gasteiger partial charge in [0.05, 0.1) is 37.1 Å². The van der Waals surface area contributed by atoms with Gasteiger partial charge in [-0.15, -0.1) is 23.2 Å². The van der Waals surface area contributed by atoms with Crippen molar-refractivity contribution in [3.63, 3.8) is 0 Å². The van der Waals surface area contributed by atoms with E-state index in [1.54, 1.807) is 75.0 Å². The van der Waals surface area contributed by atoms with Gasteiger partial charge < -0.3 is 55.9 Å². The molecule has 5 saturated heterocycles. The van der Waals surface area contributed by atoms with E-state index in [-0.39, 0.29) is 112 Å². The van der Waals surface area contributed by atoms with Gasteiger partial charge in [0.2, 0.25) is 58.4 Å². The number of halogens is 4. The number of carbonyl (C=O) groups excluding carboxylic acids is 12. The van der Waals surface area contributed by atoms with Crippen molar-refractivity contribution in [1.82, 2.24) is 50.4 Å². The molecule has 3 unspecified atom stereocenters. The van der Waals surface area contributed by atoms with Gasteiger partial charge in [-0.3, -0.25) is 83.3 Å². The molecule has 8 aliphatic heterocycles. The molecule has 8 aliphatic rings. The lowest BCUT2D eigenvalue weighted by Gasteiger charge is -2.43. The minimum Gasteiger partial charge on any atom is -0.494 e. The normalized spacial score (nSPS) is 19.2. The highest BCUT2D eigenvalue weighted by Crippen LogP contribution is 2.41. The largest absolute Gasteiger partial charge is 0.494 e. The topological polar surface area (TPSA) is 387 Å². The van der Waals surface area contributed by atoms with Crippen molar-refractivity contribution in [2.24, 2.45) is 0 Å². The summed E-state index contributed by atoms with van der Waals surface area (Å²) in [4.78, 5) is 163. The van der Waals surface area contributed by atoms with Crippen molar-refractivity contribution in [3.8, 4) is 5.75 Å². The van der Waals surface area contributed by atoms with Crippen LogP contribution in [-0.2, 0) is 67.4 Å². The molecule has 109 heavy (non-hydrogen) atoms. The van der Waals surface area contributed by atoms with Gasteiger partial charge in [0.1, 0.15) is 41.9 Å². The molecule has 3 atom stereocenters. The zero-order valence-electron chi connectivity index (χ0n) is 59.1. The number of nitrogens with one attached hydrogen (secondary N) is 7. The number of nitrogen functional groups attached to an aromatic ring is 1. The molecule has 0 spiro atoms. The van der Waals surface area contributed by atoms with Crippen molar-refractivity contribution in [1.29, 1.82) is 0 Å². The average Bonchev–Trinajstić information content (AvgIpc) is 1.65. The van der Waals surface area contributed by atoms with E-state index in [4.69, 9.17) is 56.9 Å². The number of anilines is 8. The summed E-state index contributed by atoms with van der Waals surface area (Å²) in [6.45, 7) is 9.51. The highest BCUT2D eigenvalue weighted by Gasteiger charge is 2.43. The van der Waals surface area contributed by atoms with Gasteiger partial charge in [0, 0.05) is 152 Å². The highest BCUT2D eigenvalue weighted by atomic mass is 35.5. The zero-order valence-corrected chi connectivity index (χ0v) is 63.0. The van der Waals surface area contributed by atoms with Crippen molar-refractivity contribution < 1.29 is 66.8 Å². The number of fused-ring (bicyclic) bond motifs is 3. The molecule has 1 aromatic heterocycles. The number of nitrogens with zero attached hydrogens (tertiary/aromatic N) is 8. The summed E-state index contributed by atoms with van der Waals surface area (Å²) >= 11 is 21.5. The SMILES string of the molecule is C.COc1cc(N2CCC(N3CCN(CC(=O)Nc4cccc5c4CN(C4CCC(=O)NC4=O)C5=O)CC3)CC2)ccc1Nc1ncc(Cl)c(Nc2ccccc2P(C)(C)=O)n1.Nc1cccc2c1CN(C1CCC(=O)NC1=O)C2=O.O=C(Cl)CCl.O=C1CCC(N2Cc3c(NC(=O)CCl)cccc3C2=O)C(=O)N1. The quantitative estimate of drug-likeness (QED) is 0.0148. The zero-order chi connectivity index (χ0) is 77.3. The Balaban J connectivity index is 0.000000212. The van der Waals surface area contributed by atoms with Gasteiger partial charge in [-0.25, -0.2) is 4.98 Å². The van der Waals surface area contributed by atoms with Crippen molar-refractivity contribution >= 4 is 175 Å². The Morgan fingerprint density at radius 2 is 1.06 bits per heavy atom. The van der Waals surface area contributed by atoms with E-state index in [0.717, 1.165) is 63.4 Å². The van der Waals surface area contributed by atoms with Crippen LogP contribution < -0.4 is 57.9 Å². The smallest absolute Gasteiger partial charge is 0.255 e. The lowest BCUT2D eigenvalue weighted by Crippen LogP contribution is -2.54. The Hall–Kier alpha value is -10.1. The maximum Gasteiger partial charge on any atom is 0.255 e. The molecule has 14 rings (SSSR count). The molecule has 30 nitrogen and oxygen atoms in total. The van der Waals surface area contributed by atoms with Crippen molar-refractivity contribution in [2.45, 2.75) is 103 Å². The Bertz CT molecular complexity index is 4630. The summed E-state index contributed by atoms with van der Waals surface area (Å²) in [5.74, 6) is -2.47. The molecule has 35 heteroatoms. The summed E-state index contributed by atoms with van der Waals surface area (Å²) in [6.07, 6.45) is 5.13. The van der Waals surface area contributed by atoms with E-state index < -0.39 is 48.2 Å². The van der Waals surface area contributed by atoms with Gasteiger partial charge in [0.25, 0.3) is 17.7 Å². The molecule has 9 heterocycles. The minimum atomic E-state index is -2.56. The second kappa shape index (κ2) is 36.0. The van der Waals surface area contributed by atoms with Gasteiger partial charge >= 0.3 is 0 Å². The number of aromatic nitrogens is 2. The predicted molar refractivity (Wildman–Crippen MR) is 414 cm³/mol. The number of methoxy groups -OCH3 is 1. The number of nitrogens with two attached hydrogens (primary N) is 1. The first-order valence-electron chi connectivity index (χ1n) is 34.8. The van der Waals surface area contributed by atoms with Crippen LogP contribution in [0.4, 0.5) is 45.9 Å². The number of carbonyl (C=O) groups is 12. The number of hydrogen-bond acceptors (Lipinski definition) is 22. The molecule has 9 N–H and O–H groups in total. The number of benzene rings is 5. The van der Waals surface area contributed by atoms with Gasteiger partial charge in [0.15, 0.2) is 5.82 Å².